The van der Waals surface area contributed by atoms with Gasteiger partial charge in [0.1, 0.15) is 23.9 Å². The number of nitrogens with one attached hydrogen (secondary N) is 1. The van der Waals surface area contributed by atoms with Crippen molar-refractivity contribution in [1.29, 1.82) is 0 Å². The van der Waals surface area contributed by atoms with Crippen LogP contribution in [-0.4, -0.2) is 32.3 Å². The normalized spacial score (nSPS) is 11.5. The standard InChI is InChI=1S/C20H25NO4/c1-4-19(25-18-7-5-15(2)6-8-18)20(22)21-13-14-24-17-11-9-16(23-3)10-12-17/h5-12,19H,4,13-14H2,1-3H3,(H,21,22)/t19-/m0/s1. The molecule has 1 atom stereocenters. The van der Waals surface area contributed by atoms with Crippen LogP contribution in [0.15, 0.2) is 48.5 Å². The Hall–Kier alpha value is -2.69. The molecule has 0 aliphatic rings. The smallest absolute Gasteiger partial charge is 0.261 e. The van der Waals surface area contributed by atoms with Crippen LogP contribution in [0.5, 0.6) is 17.2 Å². The number of hydrogen-bond acceptors (Lipinski definition) is 4. The largest absolute Gasteiger partial charge is 0.497 e. The van der Waals surface area contributed by atoms with Gasteiger partial charge in [-0.05, 0) is 49.7 Å². The first-order valence-corrected chi connectivity index (χ1v) is 8.40. The second-order valence-electron chi connectivity index (χ2n) is 5.64. The molecule has 0 heterocycles. The summed E-state index contributed by atoms with van der Waals surface area (Å²) in [5.74, 6) is 2.07. The molecule has 5 nitrogen and oxygen atoms in total. The summed E-state index contributed by atoms with van der Waals surface area (Å²) in [5.41, 5.74) is 1.15. The van der Waals surface area contributed by atoms with Crippen molar-refractivity contribution in [2.24, 2.45) is 0 Å². The molecule has 134 valence electrons. The fourth-order valence-corrected chi connectivity index (χ4v) is 2.23. The van der Waals surface area contributed by atoms with Crippen LogP contribution in [0.1, 0.15) is 18.9 Å². The van der Waals surface area contributed by atoms with Crippen molar-refractivity contribution in [2.75, 3.05) is 20.3 Å². The van der Waals surface area contributed by atoms with Crippen LogP contribution in [0.2, 0.25) is 0 Å². The SMILES string of the molecule is CC[C@H](Oc1ccc(C)cc1)C(=O)NCCOc1ccc(OC)cc1. The summed E-state index contributed by atoms with van der Waals surface area (Å²) in [6.45, 7) is 4.74. The number of carbonyl (C=O) groups is 1. The van der Waals surface area contributed by atoms with E-state index in [1.165, 1.54) is 0 Å². The Morgan fingerprint density at radius 2 is 1.60 bits per heavy atom. The molecule has 1 amide bonds. The Morgan fingerprint density at radius 1 is 1.00 bits per heavy atom. The van der Waals surface area contributed by atoms with Gasteiger partial charge in [-0.2, -0.15) is 0 Å². The lowest BCUT2D eigenvalue weighted by atomic mass is 10.2. The summed E-state index contributed by atoms with van der Waals surface area (Å²) in [5, 5.41) is 2.84. The predicted octanol–water partition coefficient (Wildman–Crippen LogP) is 3.36. The lowest BCUT2D eigenvalue weighted by molar-refractivity contribution is -0.128. The highest BCUT2D eigenvalue weighted by atomic mass is 16.5. The van der Waals surface area contributed by atoms with Gasteiger partial charge in [0.05, 0.1) is 13.7 Å². The first kappa shape index (κ1) is 18.6. The van der Waals surface area contributed by atoms with E-state index in [1.54, 1.807) is 7.11 Å². The summed E-state index contributed by atoms with van der Waals surface area (Å²) in [6.07, 6.45) is 0.0858. The van der Waals surface area contributed by atoms with Gasteiger partial charge < -0.3 is 19.5 Å². The molecule has 0 aromatic heterocycles. The van der Waals surface area contributed by atoms with Crippen molar-refractivity contribution in [1.82, 2.24) is 5.32 Å². The van der Waals surface area contributed by atoms with Crippen molar-refractivity contribution < 1.29 is 19.0 Å². The van der Waals surface area contributed by atoms with E-state index in [4.69, 9.17) is 14.2 Å². The maximum Gasteiger partial charge on any atom is 0.261 e. The molecule has 0 spiro atoms. The second-order valence-corrected chi connectivity index (χ2v) is 5.64. The monoisotopic (exact) mass is 343 g/mol. The minimum atomic E-state index is -0.510. The summed E-state index contributed by atoms with van der Waals surface area (Å²) in [6, 6.07) is 15.0. The van der Waals surface area contributed by atoms with Crippen LogP contribution in [0, 0.1) is 6.92 Å². The van der Waals surface area contributed by atoms with E-state index in [-0.39, 0.29) is 5.91 Å². The van der Waals surface area contributed by atoms with Crippen LogP contribution < -0.4 is 19.5 Å². The Bertz CT molecular complexity index is 652. The number of aryl methyl sites for hydroxylation is 1. The van der Waals surface area contributed by atoms with E-state index in [0.717, 1.165) is 17.1 Å². The molecule has 0 saturated carbocycles. The highest BCUT2D eigenvalue weighted by Crippen LogP contribution is 2.17. The molecule has 2 rings (SSSR count). The third-order valence-corrected chi connectivity index (χ3v) is 3.69. The lowest BCUT2D eigenvalue weighted by Crippen LogP contribution is -2.39. The first-order chi connectivity index (χ1) is 12.1. The Balaban J connectivity index is 1.74. The van der Waals surface area contributed by atoms with E-state index in [9.17, 15) is 4.79 Å². The molecule has 1 N–H and O–H groups in total. The Kier molecular flexibility index (Phi) is 7.14. The summed E-state index contributed by atoms with van der Waals surface area (Å²) >= 11 is 0. The molecule has 0 saturated heterocycles. The predicted molar refractivity (Wildman–Crippen MR) is 97.4 cm³/mol. The van der Waals surface area contributed by atoms with Crippen molar-refractivity contribution in [3.8, 4) is 17.2 Å². The van der Waals surface area contributed by atoms with Gasteiger partial charge in [0.15, 0.2) is 6.10 Å². The van der Waals surface area contributed by atoms with Gasteiger partial charge in [0.2, 0.25) is 0 Å². The topological polar surface area (TPSA) is 56.8 Å². The highest BCUT2D eigenvalue weighted by molar-refractivity contribution is 5.81. The Morgan fingerprint density at radius 3 is 2.20 bits per heavy atom. The Labute approximate surface area is 148 Å². The van der Waals surface area contributed by atoms with E-state index in [1.807, 2.05) is 62.4 Å². The van der Waals surface area contributed by atoms with Gasteiger partial charge in [-0.3, -0.25) is 4.79 Å². The maximum atomic E-state index is 12.2. The zero-order chi connectivity index (χ0) is 18.1. The van der Waals surface area contributed by atoms with E-state index >= 15 is 0 Å². The molecule has 0 unspecified atom stereocenters. The number of rotatable bonds is 9. The zero-order valence-electron chi connectivity index (χ0n) is 15.0. The number of ether oxygens (including phenoxy) is 3. The van der Waals surface area contributed by atoms with Crippen molar-refractivity contribution in [2.45, 2.75) is 26.4 Å². The van der Waals surface area contributed by atoms with Crippen molar-refractivity contribution in [3.05, 3.63) is 54.1 Å². The minimum Gasteiger partial charge on any atom is -0.497 e. The molecule has 0 fully saturated rings. The lowest BCUT2D eigenvalue weighted by Gasteiger charge is -2.17. The van der Waals surface area contributed by atoms with Gasteiger partial charge in [0.25, 0.3) is 5.91 Å². The molecule has 0 aliphatic heterocycles. The fraction of sp³-hybridized carbons (Fsp3) is 0.350. The van der Waals surface area contributed by atoms with Crippen LogP contribution in [0.4, 0.5) is 0 Å². The van der Waals surface area contributed by atoms with Crippen LogP contribution in [0.25, 0.3) is 0 Å². The first-order valence-electron chi connectivity index (χ1n) is 8.40. The van der Waals surface area contributed by atoms with Crippen LogP contribution in [0.3, 0.4) is 0 Å². The average molecular weight is 343 g/mol. The van der Waals surface area contributed by atoms with E-state index in [0.29, 0.717) is 25.3 Å². The van der Waals surface area contributed by atoms with Crippen LogP contribution in [-0.2, 0) is 4.79 Å². The highest BCUT2D eigenvalue weighted by Gasteiger charge is 2.17. The van der Waals surface area contributed by atoms with Gasteiger partial charge in [-0.25, -0.2) is 0 Å². The van der Waals surface area contributed by atoms with E-state index < -0.39 is 6.10 Å². The summed E-state index contributed by atoms with van der Waals surface area (Å²) in [7, 11) is 1.62. The number of benzene rings is 2. The van der Waals surface area contributed by atoms with Crippen molar-refractivity contribution >= 4 is 5.91 Å². The quantitative estimate of drug-likeness (QED) is 0.710. The molecule has 2 aromatic carbocycles. The van der Waals surface area contributed by atoms with Gasteiger partial charge in [0, 0.05) is 0 Å². The fourth-order valence-electron chi connectivity index (χ4n) is 2.23. The molecule has 0 radical (unpaired) electrons. The molecular weight excluding hydrogens is 318 g/mol. The molecule has 5 heteroatoms. The molecule has 2 aromatic rings. The van der Waals surface area contributed by atoms with Gasteiger partial charge in [-0.1, -0.05) is 24.6 Å². The molecule has 0 aliphatic carbocycles. The number of amides is 1. The molecule has 0 bridgehead atoms. The molecule has 25 heavy (non-hydrogen) atoms. The summed E-state index contributed by atoms with van der Waals surface area (Å²) < 4.78 is 16.4. The van der Waals surface area contributed by atoms with Crippen LogP contribution >= 0.6 is 0 Å². The number of methoxy groups -OCH3 is 1. The van der Waals surface area contributed by atoms with Gasteiger partial charge >= 0.3 is 0 Å². The second kappa shape index (κ2) is 9.57. The third-order valence-electron chi connectivity index (χ3n) is 3.69. The minimum absolute atomic E-state index is 0.138. The average Bonchev–Trinajstić information content (AvgIpc) is 2.65. The third kappa shape index (κ3) is 6.03. The number of hydrogen-bond donors (Lipinski definition) is 1. The zero-order valence-corrected chi connectivity index (χ0v) is 15.0. The van der Waals surface area contributed by atoms with Gasteiger partial charge in [-0.15, -0.1) is 0 Å². The number of carbonyl (C=O) groups excluding carboxylic acids is 1. The summed E-state index contributed by atoms with van der Waals surface area (Å²) in [4.78, 5) is 12.2. The van der Waals surface area contributed by atoms with E-state index in [2.05, 4.69) is 5.32 Å². The van der Waals surface area contributed by atoms with Crippen molar-refractivity contribution in [3.63, 3.8) is 0 Å². The maximum absolute atomic E-state index is 12.2. The molecular formula is C20H25NO4.